The van der Waals surface area contributed by atoms with Crippen LogP contribution in [-0.2, 0) is 38.1 Å². The lowest BCUT2D eigenvalue weighted by Gasteiger charge is -2.13. The maximum Gasteiger partial charge on any atom is 0.343 e. The van der Waals surface area contributed by atoms with Crippen LogP contribution in [0.3, 0.4) is 0 Å². The Bertz CT molecular complexity index is 2720. The van der Waals surface area contributed by atoms with Gasteiger partial charge in [-0.3, -0.25) is 0 Å². The molecule has 484 valence electrons. The van der Waals surface area contributed by atoms with Gasteiger partial charge in [0.15, 0.2) is 0 Å². The summed E-state index contributed by atoms with van der Waals surface area (Å²) in [6, 6.07) is 24.2. The molecule has 0 radical (unpaired) electrons. The second-order valence-electron chi connectivity index (χ2n) is 21.5. The molecule has 0 amide bonds. The third-order valence-electron chi connectivity index (χ3n) is 14.3. The fraction of sp³-hybridized carbons (Fsp3) is 0.486. The molecular formula is C72H94O17. The van der Waals surface area contributed by atoms with Crippen molar-refractivity contribution in [1.82, 2.24) is 0 Å². The quantitative estimate of drug-likeness (QED) is 0.0132. The lowest BCUT2D eigenvalue weighted by molar-refractivity contribution is -0.138. The van der Waals surface area contributed by atoms with E-state index in [0.717, 1.165) is 160 Å². The number of ether oxygens (including phenoxy) is 10. The molecule has 17 heteroatoms. The Labute approximate surface area is 526 Å². The molecule has 0 aliphatic rings. The first-order valence-corrected chi connectivity index (χ1v) is 32.0. The molecule has 0 atom stereocenters. The highest BCUT2D eigenvalue weighted by Gasteiger charge is 2.21. The lowest BCUT2D eigenvalue weighted by atomic mass is 10.1. The van der Waals surface area contributed by atoms with Crippen molar-refractivity contribution in [2.24, 2.45) is 0 Å². The fourth-order valence-corrected chi connectivity index (χ4v) is 9.14. The molecule has 17 nitrogen and oxygen atoms in total. The predicted octanol–water partition coefficient (Wildman–Crippen LogP) is 16.0. The van der Waals surface area contributed by atoms with Gasteiger partial charge in [-0.15, -0.1) is 0 Å². The number of benzene rings is 4. The number of carbonyl (C=O) groups is 7. The molecule has 0 N–H and O–H groups in total. The van der Waals surface area contributed by atoms with Gasteiger partial charge in [0.25, 0.3) is 0 Å². The van der Waals surface area contributed by atoms with Crippen molar-refractivity contribution in [3.8, 4) is 28.7 Å². The van der Waals surface area contributed by atoms with E-state index in [1.807, 2.05) is 0 Å². The summed E-state index contributed by atoms with van der Waals surface area (Å²) in [6.07, 6.45) is 29.6. The van der Waals surface area contributed by atoms with Gasteiger partial charge in [0.05, 0.1) is 69.5 Å². The smallest absolute Gasteiger partial charge is 0.343 e. The minimum atomic E-state index is -0.766. The van der Waals surface area contributed by atoms with E-state index in [-0.39, 0.29) is 53.3 Å². The van der Waals surface area contributed by atoms with Crippen molar-refractivity contribution >= 4 is 41.8 Å². The minimum absolute atomic E-state index is 0.0425. The van der Waals surface area contributed by atoms with Gasteiger partial charge in [0.1, 0.15) is 34.3 Å². The second-order valence-corrected chi connectivity index (χ2v) is 21.5. The maximum absolute atomic E-state index is 13.7. The van der Waals surface area contributed by atoms with E-state index in [1.54, 1.807) is 72.8 Å². The third kappa shape index (κ3) is 33.6. The molecule has 0 fully saturated rings. The fourth-order valence-electron chi connectivity index (χ4n) is 9.14. The summed E-state index contributed by atoms with van der Waals surface area (Å²) in [5.41, 5.74) is 0.826. The van der Waals surface area contributed by atoms with Crippen molar-refractivity contribution < 1.29 is 80.9 Å². The van der Waals surface area contributed by atoms with E-state index in [4.69, 9.17) is 47.4 Å². The molecule has 0 bridgehead atoms. The molecular weight excluding hydrogens is 1140 g/mol. The Morgan fingerprint density at radius 2 is 0.528 bits per heavy atom. The van der Waals surface area contributed by atoms with Crippen molar-refractivity contribution in [3.05, 3.63) is 151 Å². The van der Waals surface area contributed by atoms with Gasteiger partial charge in [-0.05, 0) is 155 Å². The molecule has 4 aromatic rings. The van der Waals surface area contributed by atoms with Crippen molar-refractivity contribution in [2.45, 2.75) is 173 Å². The Balaban J connectivity index is 1.20. The average Bonchev–Trinajstić information content (AvgIpc) is 3.23. The van der Waals surface area contributed by atoms with Crippen molar-refractivity contribution in [3.63, 3.8) is 0 Å². The zero-order valence-corrected chi connectivity index (χ0v) is 52.2. The normalized spacial score (nSPS) is 10.7. The first-order chi connectivity index (χ1) is 43.5. The highest BCUT2D eigenvalue weighted by atomic mass is 16.6. The Morgan fingerprint density at radius 1 is 0.270 bits per heavy atom. The van der Waals surface area contributed by atoms with Gasteiger partial charge in [-0.25, -0.2) is 33.6 Å². The van der Waals surface area contributed by atoms with Gasteiger partial charge < -0.3 is 47.4 Å². The Morgan fingerprint density at radius 3 is 0.854 bits per heavy atom. The molecule has 0 aliphatic carbocycles. The number of hydrogen-bond acceptors (Lipinski definition) is 17. The maximum atomic E-state index is 13.7. The summed E-state index contributed by atoms with van der Waals surface area (Å²) in [4.78, 5) is 86.6. The highest BCUT2D eigenvalue weighted by Crippen LogP contribution is 2.28. The molecule has 0 unspecified atom stereocenters. The summed E-state index contributed by atoms with van der Waals surface area (Å²) in [7, 11) is 0. The van der Waals surface area contributed by atoms with Crippen molar-refractivity contribution in [1.29, 1.82) is 0 Å². The van der Waals surface area contributed by atoms with Crippen LogP contribution in [0.1, 0.15) is 215 Å². The van der Waals surface area contributed by atoms with Crippen LogP contribution >= 0.6 is 0 Å². The molecule has 0 aliphatic heterocycles. The van der Waals surface area contributed by atoms with E-state index < -0.39 is 29.8 Å². The molecule has 89 heavy (non-hydrogen) atoms. The standard InChI is InChI=1S/C72H94O17/c1-4-66(73)83-51-29-20-15-11-7-9-13-18-26-48-80-61-42-36-58(37-43-61)70(77)88-63-46-47-65(89-71(78)59-38-44-62(45-39-59)81-49-27-19-14-10-8-12-16-21-30-52-84-67(74)5-2)64(56-63)72(79)87-55-33-23-17-22-32-54-86-69(76)57-34-40-60(41-35-57)82-50-28-24-25-31-53-85-68(75)6-3/h4-6,34-47,56H,1-3,7-33,48-55H2. The second kappa shape index (κ2) is 46.9. The van der Waals surface area contributed by atoms with Crippen molar-refractivity contribution in [2.75, 3.05) is 52.9 Å². The molecule has 0 saturated heterocycles. The van der Waals surface area contributed by atoms with Gasteiger partial charge in [0, 0.05) is 18.2 Å². The van der Waals surface area contributed by atoms with Gasteiger partial charge in [-0.1, -0.05) is 129 Å². The van der Waals surface area contributed by atoms with E-state index in [0.29, 0.717) is 75.3 Å². The minimum Gasteiger partial charge on any atom is -0.494 e. The van der Waals surface area contributed by atoms with E-state index in [9.17, 15) is 33.6 Å². The highest BCUT2D eigenvalue weighted by molar-refractivity contribution is 5.97. The number of esters is 7. The van der Waals surface area contributed by atoms with Gasteiger partial charge >= 0.3 is 41.8 Å². The van der Waals surface area contributed by atoms with Gasteiger partial charge in [-0.2, -0.15) is 0 Å². The summed E-state index contributed by atoms with van der Waals surface area (Å²) in [6.45, 7) is 13.4. The summed E-state index contributed by atoms with van der Waals surface area (Å²) in [5, 5.41) is 0. The topological polar surface area (TPSA) is 212 Å². The predicted molar refractivity (Wildman–Crippen MR) is 341 cm³/mol. The molecule has 4 rings (SSSR count). The van der Waals surface area contributed by atoms with Crippen LogP contribution in [0, 0.1) is 0 Å². The monoisotopic (exact) mass is 1230 g/mol. The van der Waals surface area contributed by atoms with E-state index in [1.165, 1.54) is 36.8 Å². The third-order valence-corrected chi connectivity index (χ3v) is 14.3. The molecule has 4 aromatic carbocycles. The Hall–Kier alpha value is -8.21. The van der Waals surface area contributed by atoms with Crippen LogP contribution in [0.5, 0.6) is 28.7 Å². The zero-order chi connectivity index (χ0) is 63.8. The van der Waals surface area contributed by atoms with Gasteiger partial charge in [0.2, 0.25) is 0 Å². The molecule has 0 spiro atoms. The van der Waals surface area contributed by atoms with Crippen LogP contribution in [0.4, 0.5) is 0 Å². The van der Waals surface area contributed by atoms with Crippen LogP contribution < -0.4 is 23.7 Å². The van der Waals surface area contributed by atoms with Crippen LogP contribution in [0.15, 0.2) is 129 Å². The van der Waals surface area contributed by atoms with Crippen LogP contribution in [0.25, 0.3) is 0 Å². The van der Waals surface area contributed by atoms with Crippen LogP contribution in [-0.4, -0.2) is 94.6 Å². The molecule has 0 heterocycles. The molecule has 0 aromatic heterocycles. The van der Waals surface area contributed by atoms with Crippen LogP contribution in [0.2, 0.25) is 0 Å². The number of rotatable bonds is 51. The number of carbonyl (C=O) groups excluding carboxylic acids is 7. The lowest BCUT2D eigenvalue weighted by Crippen LogP contribution is -2.14. The molecule has 0 saturated carbocycles. The summed E-state index contributed by atoms with van der Waals surface area (Å²) < 4.78 is 55.3. The van der Waals surface area contributed by atoms with E-state index >= 15 is 0 Å². The number of hydrogen-bond donors (Lipinski definition) is 0. The Kier molecular flexibility index (Phi) is 38.6. The summed E-state index contributed by atoms with van der Waals surface area (Å²) in [5.74, 6) is -1.87. The number of unbranched alkanes of at least 4 members (excludes halogenated alkanes) is 23. The SMILES string of the molecule is C=CC(=O)OCCCCCCCCCCCOc1ccc(C(=O)Oc2ccc(OC(=O)c3ccc(OCCCCCCCCCCCOC(=O)C=C)cc3)c(C(=O)OCCCCCCCOC(=O)c3ccc(OCCCCCCOC(=O)C=C)cc3)c2)cc1. The first-order valence-electron chi connectivity index (χ1n) is 32.0. The van der Waals surface area contributed by atoms with E-state index in [2.05, 4.69) is 19.7 Å². The first kappa shape index (κ1) is 73.3. The average molecular weight is 1230 g/mol. The largest absolute Gasteiger partial charge is 0.494 e. The zero-order valence-electron chi connectivity index (χ0n) is 52.2. The summed E-state index contributed by atoms with van der Waals surface area (Å²) >= 11 is 0.